The Balaban J connectivity index is 1.81. The summed E-state index contributed by atoms with van der Waals surface area (Å²) in [6.07, 6.45) is 2.73. The Hall–Kier alpha value is -1.49. The van der Waals surface area contributed by atoms with Gasteiger partial charge in [-0.2, -0.15) is 0 Å². The molecular weight excluding hydrogens is 264 g/mol. The van der Waals surface area contributed by atoms with Crippen molar-refractivity contribution in [3.63, 3.8) is 0 Å². The maximum Gasteiger partial charge on any atom is 0.224 e. The van der Waals surface area contributed by atoms with Gasteiger partial charge in [0.2, 0.25) is 5.91 Å². The van der Waals surface area contributed by atoms with Crippen LogP contribution < -0.4 is 5.32 Å². The average molecular weight is 283 g/mol. The van der Waals surface area contributed by atoms with E-state index in [4.69, 9.17) is 0 Å². The van der Waals surface area contributed by atoms with Gasteiger partial charge in [0, 0.05) is 12.1 Å². The Morgan fingerprint density at radius 2 is 1.80 bits per heavy atom. The van der Waals surface area contributed by atoms with Gasteiger partial charge in [-0.15, -0.1) is 0 Å². The van der Waals surface area contributed by atoms with Crippen molar-refractivity contribution in [1.82, 2.24) is 5.32 Å². The predicted molar refractivity (Wildman–Crippen MR) is 71.0 cm³/mol. The molecule has 0 aliphatic heterocycles. The van der Waals surface area contributed by atoms with Crippen LogP contribution in [0.1, 0.15) is 31.2 Å². The van der Waals surface area contributed by atoms with Crippen molar-refractivity contribution >= 4 is 5.91 Å². The van der Waals surface area contributed by atoms with Crippen LogP contribution in [-0.2, 0) is 11.2 Å². The highest BCUT2D eigenvalue weighted by Gasteiger charge is 2.20. The van der Waals surface area contributed by atoms with Gasteiger partial charge in [0.15, 0.2) is 0 Å². The lowest BCUT2D eigenvalue weighted by Crippen LogP contribution is -2.33. The van der Waals surface area contributed by atoms with E-state index in [9.17, 15) is 18.7 Å². The van der Waals surface area contributed by atoms with E-state index < -0.39 is 11.6 Å². The molecule has 0 bridgehead atoms. The fourth-order valence-electron chi connectivity index (χ4n) is 2.53. The fraction of sp³-hybridized carbons (Fsp3) is 0.533. The number of halogens is 2. The molecule has 0 radical (unpaired) electrons. The van der Waals surface area contributed by atoms with E-state index >= 15 is 0 Å². The molecule has 1 amide bonds. The zero-order valence-corrected chi connectivity index (χ0v) is 11.2. The summed E-state index contributed by atoms with van der Waals surface area (Å²) in [7, 11) is 0. The Bertz CT molecular complexity index is 451. The molecule has 2 rings (SSSR count). The molecular formula is C15H19F2NO2. The van der Waals surface area contributed by atoms with Crippen LogP contribution in [0.15, 0.2) is 18.2 Å². The molecule has 1 saturated carbocycles. The summed E-state index contributed by atoms with van der Waals surface area (Å²) >= 11 is 0. The molecule has 1 aromatic rings. The lowest BCUT2D eigenvalue weighted by atomic mass is 9.87. The van der Waals surface area contributed by atoms with Crippen molar-refractivity contribution < 1.29 is 18.7 Å². The van der Waals surface area contributed by atoms with Crippen molar-refractivity contribution in [1.29, 1.82) is 0 Å². The molecule has 0 heterocycles. The Morgan fingerprint density at radius 3 is 2.40 bits per heavy atom. The number of carbonyl (C=O) groups excluding carboxylic acids is 1. The molecule has 0 atom stereocenters. The van der Waals surface area contributed by atoms with Crippen molar-refractivity contribution in [2.45, 2.75) is 38.2 Å². The molecule has 0 unspecified atom stereocenters. The highest BCUT2D eigenvalue weighted by Crippen LogP contribution is 2.23. The fourth-order valence-corrected chi connectivity index (χ4v) is 2.53. The van der Waals surface area contributed by atoms with Crippen LogP contribution in [0.4, 0.5) is 8.78 Å². The van der Waals surface area contributed by atoms with Crippen LogP contribution in [0.2, 0.25) is 0 Å². The van der Waals surface area contributed by atoms with Crippen LogP contribution in [0, 0.1) is 17.6 Å². The summed E-state index contributed by atoms with van der Waals surface area (Å²) < 4.78 is 26.8. The predicted octanol–water partition coefficient (Wildman–Crippen LogP) is 2.17. The van der Waals surface area contributed by atoms with Gasteiger partial charge in [0.05, 0.1) is 12.5 Å². The first-order chi connectivity index (χ1) is 9.56. The van der Waals surface area contributed by atoms with Gasteiger partial charge in [0.25, 0.3) is 0 Å². The third kappa shape index (κ3) is 4.00. The second-order valence-corrected chi connectivity index (χ2v) is 5.36. The molecule has 1 aliphatic carbocycles. The minimum atomic E-state index is -0.694. The maximum absolute atomic E-state index is 13.4. The highest BCUT2D eigenvalue weighted by molar-refractivity contribution is 5.78. The third-order valence-corrected chi connectivity index (χ3v) is 3.80. The summed E-state index contributed by atoms with van der Waals surface area (Å²) in [5, 5.41) is 12.1. The topological polar surface area (TPSA) is 49.3 Å². The second kappa shape index (κ2) is 6.79. The van der Waals surface area contributed by atoms with Crippen molar-refractivity contribution in [3.05, 3.63) is 35.4 Å². The Morgan fingerprint density at radius 1 is 1.20 bits per heavy atom. The Labute approximate surface area is 117 Å². The first-order valence-corrected chi connectivity index (χ1v) is 6.94. The number of nitrogens with one attached hydrogen (secondary N) is 1. The number of hydrogen-bond acceptors (Lipinski definition) is 2. The number of rotatable bonds is 4. The van der Waals surface area contributed by atoms with Gasteiger partial charge in [-0.1, -0.05) is 6.07 Å². The van der Waals surface area contributed by atoms with E-state index in [1.165, 1.54) is 6.07 Å². The zero-order chi connectivity index (χ0) is 14.5. The van der Waals surface area contributed by atoms with E-state index in [1.807, 2.05) is 0 Å². The lowest BCUT2D eigenvalue weighted by molar-refractivity contribution is -0.120. The summed E-state index contributed by atoms with van der Waals surface area (Å²) in [4.78, 5) is 11.7. The molecule has 5 heteroatoms. The largest absolute Gasteiger partial charge is 0.393 e. The molecule has 2 N–H and O–H groups in total. The Kier molecular flexibility index (Phi) is 5.06. The first-order valence-electron chi connectivity index (χ1n) is 6.94. The number of aliphatic hydroxyl groups is 1. The van der Waals surface area contributed by atoms with Crippen LogP contribution in [0.3, 0.4) is 0 Å². The van der Waals surface area contributed by atoms with E-state index in [0.717, 1.165) is 37.8 Å². The van der Waals surface area contributed by atoms with Gasteiger partial charge in [-0.3, -0.25) is 4.79 Å². The minimum absolute atomic E-state index is 0.191. The number of hydrogen-bond donors (Lipinski definition) is 2. The molecule has 110 valence electrons. The number of carbonyl (C=O) groups is 1. The quantitative estimate of drug-likeness (QED) is 0.889. The molecule has 0 saturated heterocycles. The summed E-state index contributed by atoms with van der Waals surface area (Å²) in [5.41, 5.74) is -0.191. The number of benzene rings is 1. The average Bonchev–Trinajstić information content (AvgIpc) is 2.42. The van der Waals surface area contributed by atoms with E-state index in [2.05, 4.69) is 5.32 Å². The summed E-state index contributed by atoms with van der Waals surface area (Å²) in [6.45, 7) is 0.502. The molecule has 0 aromatic heterocycles. The third-order valence-electron chi connectivity index (χ3n) is 3.80. The SMILES string of the molecule is O=C(Cc1c(F)cccc1F)NCC1CCC(O)CC1. The lowest BCUT2D eigenvalue weighted by Gasteiger charge is -2.25. The van der Waals surface area contributed by atoms with Gasteiger partial charge in [-0.25, -0.2) is 8.78 Å². The van der Waals surface area contributed by atoms with E-state index in [-0.39, 0.29) is 24.0 Å². The summed E-state index contributed by atoms with van der Waals surface area (Å²) in [5.74, 6) is -1.42. The normalized spacial score (nSPS) is 22.6. The maximum atomic E-state index is 13.4. The van der Waals surface area contributed by atoms with E-state index in [0.29, 0.717) is 12.5 Å². The minimum Gasteiger partial charge on any atom is -0.393 e. The van der Waals surface area contributed by atoms with Gasteiger partial charge < -0.3 is 10.4 Å². The van der Waals surface area contributed by atoms with Gasteiger partial charge >= 0.3 is 0 Å². The molecule has 0 spiro atoms. The standard InChI is InChI=1S/C15H19F2NO2/c16-13-2-1-3-14(17)12(13)8-15(20)18-9-10-4-6-11(19)7-5-10/h1-3,10-11,19H,4-9H2,(H,18,20). The van der Waals surface area contributed by atoms with Crippen LogP contribution >= 0.6 is 0 Å². The smallest absolute Gasteiger partial charge is 0.224 e. The monoisotopic (exact) mass is 283 g/mol. The first kappa shape index (κ1) is 14.9. The number of amides is 1. The van der Waals surface area contributed by atoms with Gasteiger partial charge in [0.1, 0.15) is 11.6 Å². The number of aliphatic hydroxyl groups excluding tert-OH is 1. The molecule has 20 heavy (non-hydrogen) atoms. The van der Waals surface area contributed by atoms with Crippen LogP contribution in [0.5, 0.6) is 0 Å². The van der Waals surface area contributed by atoms with Crippen LogP contribution in [-0.4, -0.2) is 23.7 Å². The van der Waals surface area contributed by atoms with Crippen molar-refractivity contribution in [2.24, 2.45) is 5.92 Å². The van der Waals surface area contributed by atoms with Crippen molar-refractivity contribution in [2.75, 3.05) is 6.54 Å². The highest BCUT2D eigenvalue weighted by atomic mass is 19.1. The van der Waals surface area contributed by atoms with E-state index in [1.54, 1.807) is 0 Å². The van der Waals surface area contributed by atoms with Gasteiger partial charge in [-0.05, 0) is 43.7 Å². The van der Waals surface area contributed by atoms with Crippen LogP contribution in [0.25, 0.3) is 0 Å². The molecule has 3 nitrogen and oxygen atoms in total. The molecule has 1 fully saturated rings. The van der Waals surface area contributed by atoms with Crippen molar-refractivity contribution in [3.8, 4) is 0 Å². The molecule has 1 aromatic carbocycles. The summed E-state index contributed by atoms with van der Waals surface area (Å²) in [6, 6.07) is 3.57. The molecule has 1 aliphatic rings. The zero-order valence-electron chi connectivity index (χ0n) is 11.2. The second-order valence-electron chi connectivity index (χ2n) is 5.36.